The number of hydrogen-bond acceptors (Lipinski definition) is 3. The van der Waals surface area contributed by atoms with Crippen molar-refractivity contribution in [1.82, 2.24) is 0 Å². The molecule has 98 valence electrons. The molecule has 2 rings (SSSR count). The Morgan fingerprint density at radius 1 is 1.26 bits per heavy atom. The Morgan fingerprint density at radius 2 is 2.05 bits per heavy atom. The smallest absolute Gasteiger partial charge is 0.259 e. The lowest BCUT2D eigenvalue weighted by atomic mass is 10.2. The number of benzene rings is 2. The molecule has 0 spiro atoms. The molecule has 1 amide bonds. The van der Waals surface area contributed by atoms with Gasteiger partial charge in [0.05, 0.1) is 12.7 Å². The van der Waals surface area contributed by atoms with Crippen LogP contribution in [0, 0.1) is 0 Å². The summed E-state index contributed by atoms with van der Waals surface area (Å²) < 4.78 is 5.06. The van der Waals surface area contributed by atoms with Crippen molar-refractivity contribution < 1.29 is 14.6 Å². The van der Waals surface area contributed by atoms with Crippen LogP contribution in [0.15, 0.2) is 42.5 Å². The van der Waals surface area contributed by atoms with Crippen LogP contribution < -0.4 is 10.1 Å². The van der Waals surface area contributed by atoms with Gasteiger partial charge in [0.1, 0.15) is 11.5 Å². The molecule has 2 aromatic rings. The molecule has 5 heteroatoms. The highest BCUT2D eigenvalue weighted by Gasteiger charge is 2.11. The van der Waals surface area contributed by atoms with Crippen LogP contribution in [0.3, 0.4) is 0 Å². The number of nitrogens with one attached hydrogen (secondary N) is 1. The first-order chi connectivity index (χ1) is 9.10. The van der Waals surface area contributed by atoms with Crippen molar-refractivity contribution in [3.05, 3.63) is 53.1 Å². The van der Waals surface area contributed by atoms with Gasteiger partial charge in [-0.3, -0.25) is 4.79 Å². The topological polar surface area (TPSA) is 58.6 Å². The largest absolute Gasteiger partial charge is 0.507 e. The van der Waals surface area contributed by atoms with Crippen molar-refractivity contribution in [2.24, 2.45) is 0 Å². The van der Waals surface area contributed by atoms with E-state index >= 15 is 0 Å². The lowest BCUT2D eigenvalue weighted by Crippen LogP contribution is -2.12. The average molecular weight is 278 g/mol. The Morgan fingerprint density at radius 3 is 2.74 bits per heavy atom. The van der Waals surface area contributed by atoms with Crippen LogP contribution in [0.4, 0.5) is 5.69 Å². The quantitative estimate of drug-likeness (QED) is 0.905. The second-order valence-electron chi connectivity index (χ2n) is 3.85. The molecule has 0 aliphatic heterocycles. The van der Waals surface area contributed by atoms with Crippen molar-refractivity contribution in [3.63, 3.8) is 0 Å². The van der Waals surface area contributed by atoms with Gasteiger partial charge in [0, 0.05) is 16.8 Å². The summed E-state index contributed by atoms with van der Waals surface area (Å²) >= 11 is 5.71. The van der Waals surface area contributed by atoms with Crippen molar-refractivity contribution >= 4 is 23.2 Å². The fraction of sp³-hybridized carbons (Fsp3) is 0.0714. The standard InChI is InChI=1S/C14H12ClNO3/c1-19-11-4-2-3-10(8-11)16-14(18)12-6-5-9(15)7-13(12)17/h2-8,17H,1H3,(H,16,18). The summed E-state index contributed by atoms with van der Waals surface area (Å²) in [6.45, 7) is 0. The molecule has 4 nitrogen and oxygen atoms in total. The fourth-order valence-corrected chi connectivity index (χ4v) is 1.76. The van der Waals surface area contributed by atoms with Gasteiger partial charge in [-0.05, 0) is 30.3 Å². The Bertz CT molecular complexity index is 613. The number of aromatic hydroxyl groups is 1. The van der Waals surface area contributed by atoms with Crippen LogP contribution in [0.2, 0.25) is 5.02 Å². The van der Waals surface area contributed by atoms with Gasteiger partial charge in [0.2, 0.25) is 0 Å². The van der Waals surface area contributed by atoms with E-state index in [0.717, 1.165) is 0 Å². The van der Waals surface area contributed by atoms with Crippen molar-refractivity contribution in [1.29, 1.82) is 0 Å². The molecule has 2 N–H and O–H groups in total. The van der Waals surface area contributed by atoms with Gasteiger partial charge in [0.25, 0.3) is 5.91 Å². The number of rotatable bonds is 3. The maximum absolute atomic E-state index is 12.0. The van der Waals surface area contributed by atoms with Crippen molar-refractivity contribution in [2.45, 2.75) is 0 Å². The zero-order valence-corrected chi connectivity index (χ0v) is 10.9. The van der Waals surface area contributed by atoms with Gasteiger partial charge in [0.15, 0.2) is 0 Å². The number of carbonyl (C=O) groups is 1. The first-order valence-corrected chi connectivity index (χ1v) is 5.92. The maximum atomic E-state index is 12.0. The molecule has 0 aliphatic rings. The molecule has 0 heterocycles. The number of phenolic OH excluding ortho intramolecular Hbond substituents is 1. The van der Waals surface area contributed by atoms with E-state index in [4.69, 9.17) is 16.3 Å². The van der Waals surface area contributed by atoms with E-state index in [1.54, 1.807) is 37.4 Å². The molecular weight excluding hydrogens is 266 g/mol. The minimum absolute atomic E-state index is 0.159. The molecule has 0 atom stereocenters. The van der Waals surface area contributed by atoms with Crippen LogP contribution in [-0.4, -0.2) is 18.1 Å². The molecular formula is C14H12ClNO3. The predicted molar refractivity (Wildman–Crippen MR) is 74.1 cm³/mol. The summed E-state index contributed by atoms with van der Waals surface area (Å²) in [7, 11) is 1.55. The first kappa shape index (κ1) is 13.2. The molecule has 19 heavy (non-hydrogen) atoms. The number of phenols is 1. The van der Waals surface area contributed by atoms with Crippen molar-refractivity contribution in [3.8, 4) is 11.5 Å². The highest BCUT2D eigenvalue weighted by molar-refractivity contribution is 6.30. The van der Waals surface area contributed by atoms with E-state index in [0.29, 0.717) is 16.5 Å². The maximum Gasteiger partial charge on any atom is 0.259 e. The molecule has 0 bridgehead atoms. The van der Waals surface area contributed by atoms with E-state index < -0.39 is 5.91 Å². The number of ether oxygens (including phenoxy) is 1. The Labute approximate surface area is 115 Å². The highest BCUT2D eigenvalue weighted by Crippen LogP contribution is 2.23. The lowest BCUT2D eigenvalue weighted by Gasteiger charge is -2.08. The Hall–Kier alpha value is -2.20. The van der Waals surface area contributed by atoms with E-state index in [9.17, 15) is 9.90 Å². The minimum Gasteiger partial charge on any atom is -0.507 e. The summed E-state index contributed by atoms with van der Waals surface area (Å²) in [5, 5.41) is 12.7. The third kappa shape index (κ3) is 3.17. The Balaban J connectivity index is 2.20. The van der Waals surface area contributed by atoms with E-state index in [-0.39, 0.29) is 11.3 Å². The molecule has 0 unspecified atom stereocenters. The molecule has 0 saturated heterocycles. The fourth-order valence-electron chi connectivity index (χ4n) is 1.60. The van der Waals surface area contributed by atoms with Crippen LogP contribution in [0.1, 0.15) is 10.4 Å². The molecule has 2 aromatic carbocycles. The number of halogens is 1. The summed E-state index contributed by atoms with van der Waals surface area (Å²) in [5.74, 6) is 0.0634. The van der Waals surface area contributed by atoms with Crippen LogP contribution in [0.25, 0.3) is 0 Å². The summed E-state index contributed by atoms with van der Waals surface area (Å²) in [6, 6.07) is 11.3. The summed E-state index contributed by atoms with van der Waals surface area (Å²) in [6.07, 6.45) is 0. The number of amides is 1. The number of anilines is 1. The van der Waals surface area contributed by atoms with E-state index in [2.05, 4.69) is 5.32 Å². The lowest BCUT2D eigenvalue weighted by molar-refractivity contribution is 0.102. The van der Waals surface area contributed by atoms with Crippen LogP contribution in [0.5, 0.6) is 11.5 Å². The summed E-state index contributed by atoms with van der Waals surface area (Å²) in [5.41, 5.74) is 0.742. The van der Waals surface area contributed by atoms with Gasteiger partial charge in [-0.15, -0.1) is 0 Å². The predicted octanol–water partition coefficient (Wildman–Crippen LogP) is 3.31. The average Bonchev–Trinajstić information content (AvgIpc) is 2.38. The van der Waals surface area contributed by atoms with Gasteiger partial charge >= 0.3 is 0 Å². The van der Waals surface area contributed by atoms with E-state index in [1.165, 1.54) is 12.1 Å². The van der Waals surface area contributed by atoms with E-state index in [1.807, 2.05) is 0 Å². The monoisotopic (exact) mass is 277 g/mol. The zero-order valence-electron chi connectivity index (χ0n) is 10.2. The SMILES string of the molecule is COc1cccc(NC(=O)c2ccc(Cl)cc2O)c1. The molecule has 0 aliphatic carbocycles. The molecule has 0 radical (unpaired) electrons. The molecule has 0 fully saturated rings. The van der Waals surface area contributed by atoms with Gasteiger partial charge in [-0.2, -0.15) is 0 Å². The molecule has 0 aromatic heterocycles. The normalized spacial score (nSPS) is 10.0. The zero-order chi connectivity index (χ0) is 13.8. The number of carbonyl (C=O) groups excluding carboxylic acids is 1. The van der Waals surface area contributed by atoms with Gasteiger partial charge in [-0.1, -0.05) is 17.7 Å². The Kier molecular flexibility index (Phi) is 3.92. The highest BCUT2D eigenvalue weighted by atomic mass is 35.5. The van der Waals surface area contributed by atoms with Gasteiger partial charge in [-0.25, -0.2) is 0 Å². The number of hydrogen-bond donors (Lipinski definition) is 2. The van der Waals surface area contributed by atoms with Crippen LogP contribution in [-0.2, 0) is 0 Å². The second-order valence-corrected chi connectivity index (χ2v) is 4.28. The van der Waals surface area contributed by atoms with Gasteiger partial charge < -0.3 is 15.2 Å². The first-order valence-electron chi connectivity index (χ1n) is 5.54. The third-order valence-corrected chi connectivity index (χ3v) is 2.77. The molecule has 0 saturated carbocycles. The number of methoxy groups -OCH3 is 1. The minimum atomic E-state index is -0.414. The summed E-state index contributed by atoms with van der Waals surface area (Å²) in [4.78, 5) is 12.0. The second kappa shape index (κ2) is 5.63. The third-order valence-electron chi connectivity index (χ3n) is 2.53. The van der Waals surface area contributed by atoms with Crippen molar-refractivity contribution in [2.75, 3.05) is 12.4 Å². The van der Waals surface area contributed by atoms with Crippen LogP contribution >= 0.6 is 11.6 Å².